The van der Waals surface area contributed by atoms with E-state index >= 15 is 0 Å². The van der Waals surface area contributed by atoms with Crippen LogP contribution in [0.3, 0.4) is 0 Å². The number of ether oxygens (including phenoxy) is 1. The van der Waals surface area contributed by atoms with Gasteiger partial charge in [0.25, 0.3) is 0 Å². The number of hydrogen-bond donors (Lipinski definition) is 0. The maximum atomic E-state index is 13.4. The predicted octanol–water partition coefficient (Wildman–Crippen LogP) is 2.82. The Morgan fingerprint density at radius 3 is 2.48 bits per heavy atom. The molecule has 2 heterocycles. The van der Waals surface area contributed by atoms with Crippen LogP contribution in [0.4, 0.5) is 8.78 Å². The summed E-state index contributed by atoms with van der Waals surface area (Å²) in [4.78, 5) is 16.6. The molecular weight excluding hydrogens is 326 g/mol. The zero-order chi connectivity index (χ0) is 17.9. The highest BCUT2D eigenvalue weighted by atomic mass is 19.1. The zero-order valence-electron chi connectivity index (χ0n) is 14.8. The molecule has 0 unspecified atom stereocenters. The maximum Gasteiger partial charge on any atom is 0.223 e. The largest absolute Gasteiger partial charge is 0.380 e. The van der Waals surface area contributed by atoms with Crippen LogP contribution in [-0.4, -0.2) is 55.1 Å². The minimum atomic E-state index is -0.598. The predicted molar refractivity (Wildman–Crippen MR) is 91.0 cm³/mol. The van der Waals surface area contributed by atoms with E-state index in [1.807, 2.05) is 6.92 Å². The van der Waals surface area contributed by atoms with Crippen molar-refractivity contribution in [3.8, 4) is 0 Å². The zero-order valence-corrected chi connectivity index (χ0v) is 14.8. The molecule has 2 aliphatic heterocycles. The van der Waals surface area contributed by atoms with Gasteiger partial charge < -0.3 is 14.5 Å². The quantitative estimate of drug-likeness (QED) is 0.738. The van der Waals surface area contributed by atoms with Crippen LogP contribution in [0.2, 0.25) is 0 Å². The molecule has 1 aromatic carbocycles. The third-order valence-electron chi connectivity index (χ3n) is 5.37. The van der Waals surface area contributed by atoms with E-state index in [9.17, 15) is 13.6 Å². The Labute approximate surface area is 147 Å². The van der Waals surface area contributed by atoms with Crippen LogP contribution in [0.5, 0.6) is 0 Å². The second-order valence-electron chi connectivity index (χ2n) is 7.24. The van der Waals surface area contributed by atoms with Crippen LogP contribution in [0.15, 0.2) is 18.2 Å². The van der Waals surface area contributed by atoms with Crippen molar-refractivity contribution in [1.29, 1.82) is 0 Å². The average molecular weight is 352 g/mol. The van der Waals surface area contributed by atoms with Gasteiger partial charge in [-0.25, -0.2) is 8.78 Å². The van der Waals surface area contributed by atoms with Gasteiger partial charge in [0.1, 0.15) is 11.6 Å². The highest BCUT2D eigenvalue weighted by Gasteiger charge is 2.44. The summed E-state index contributed by atoms with van der Waals surface area (Å²) in [6.45, 7) is 7.33. The van der Waals surface area contributed by atoms with E-state index in [0.29, 0.717) is 18.5 Å². The van der Waals surface area contributed by atoms with Crippen molar-refractivity contribution < 1.29 is 18.3 Å². The third-order valence-corrected chi connectivity index (χ3v) is 5.37. The number of hydrogen-bond acceptors (Lipinski definition) is 3. The smallest absolute Gasteiger partial charge is 0.223 e. The van der Waals surface area contributed by atoms with Gasteiger partial charge in [0.15, 0.2) is 0 Å². The first kappa shape index (κ1) is 18.3. The average Bonchev–Trinajstić information content (AvgIpc) is 2.84. The number of nitrogens with zero attached hydrogens (tertiary/aromatic N) is 2. The number of halogens is 2. The minimum absolute atomic E-state index is 0.0189. The minimum Gasteiger partial charge on any atom is -0.380 e. The normalized spacial score (nSPS) is 20.6. The fourth-order valence-corrected chi connectivity index (χ4v) is 3.97. The van der Waals surface area contributed by atoms with Gasteiger partial charge in [0.2, 0.25) is 5.91 Å². The Bertz CT molecular complexity index is 595. The summed E-state index contributed by atoms with van der Waals surface area (Å²) in [5, 5.41) is 0. The highest BCUT2D eigenvalue weighted by molar-refractivity contribution is 5.79. The van der Waals surface area contributed by atoms with Crippen molar-refractivity contribution in [3.05, 3.63) is 35.4 Å². The SMILES string of the molecule is CCOCCN1CCC2(CC1)CC(=O)N(Cc1cc(F)cc(F)c1)C2. The lowest BCUT2D eigenvalue weighted by atomic mass is 9.77. The molecule has 2 fully saturated rings. The van der Waals surface area contributed by atoms with E-state index in [1.54, 1.807) is 4.90 Å². The van der Waals surface area contributed by atoms with Crippen LogP contribution < -0.4 is 0 Å². The lowest BCUT2D eigenvalue weighted by Crippen LogP contribution is -2.42. The standard InChI is InChI=1S/C19H26F2N2O2/c1-2-25-8-7-22-5-3-19(4-6-22)12-18(24)23(14-19)13-15-9-16(20)11-17(21)10-15/h9-11H,2-8,12-14H2,1H3. The summed E-state index contributed by atoms with van der Waals surface area (Å²) < 4.78 is 32.1. The molecule has 1 spiro atoms. The number of carbonyl (C=O) groups is 1. The van der Waals surface area contributed by atoms with Gasteiger partial charge in [-0.1, -0.05) is 0 Å². The number of carbonyl (C=O) groups excluding carboxylic acids is 1. The summed E-state index contributed by atoms with van der Waals surface area (Å²) in [6, 6.07) is 3.46. The molecule has 3 rings (SSSR count). The summed E-state index contributed by atoms with van der Waals surface area (Å²) in [7, 11) is 0. The molecule has 0 radical (unpaired) electrons. The second-order valence-corrected chi connectivity index (χ2v) is 7.24. The molecule has 1 amide bonds. The Morgan fingerprint density at radius 2 is 1.84 bits per heavy atom. The van der Waals surface area contributed by atoms with E-state index in [2.05, 4.69) is 4.90 Å². The lowest BCUT2D eigenvalue weighted by molar-refractivity contribution is -0.128. The van der Waals surface area contributed by atoms with Gasteiger partial charge in [-0.05, 0) is 56.0 Å². The van der Waals surface area contributed by atoms with E-state index in [0.717, 1.165) is 51.8 Å². The number of likely N-dealkylation sites (tertiary alicyclic amines) is 2. The Morgan fingerprint density at radius 1 is 1.16 bits per heavy atom. The molecule has 1 aromatic rings. The molecule has 138 valence electrons. The van der Waals surface area contributed by atoms with Gasteiger partial charge in [-0.15, -0.1) is 0 Å². The molecule has 4 nitrogen and oxygen atoms in total. The van der Waals surface area contributed by atoms with E-state index in [4.69, 9.17) is 4.74 Å². The molecule has 0 bridgehead atoms. The van der Waals surface area contributed by atoms with Gasteiger partial charge in [-0.3, -0.25) is 4.79 Å². The molecule has 2 saturated heterocycles. The van der Waals surface area contributed by atoms with Crippen LogP contribution in [0, 0.1) is 17.0 Å². The molecule has 0 aromatic heterocycles. The Balaban J connectivity index is 1.55. The fourth-order valence-electron chi connectivity index (χ4n) is 3.97. The second kappa shape index (κ2) is 7.79. The maximum absolute atomic E-state index is 13.4. The van der Waals surface area contributed by atoms with Crippen molar-refractivity contribution in [2.75, 3.05) is 39.4 Å². The highest BCUT2D eigenvalue weighted by Crippen LogP contribution is 2.41. The number of piperidine rings is 1. The molecule has 0 saturated carbocycles. The molecule has 25 heavy (non-hydrogen) atoms. The van der Waals surface area contributed by atoms with E-state index < -0.39 is 11.6 Å². The van der Waals surface area contributed by atoms with Crippen molar-refractivity contribution >= 4 is 5.91 Å². The number of benzene rings is 1. The van der Waals surface area contributed by atoms with Gasteiger partial charge in [-0.2, -0.15) is 0 Å². The summed E-state index contributed by atoms with van der Waals surface area (Å²) in [5.41, 5.74) is 0.530. The van der Waals surface area contributed by atoms with Gasteiger partial charge in [0.05, 0.1) is 6.61 Å². The summed E-state index contributed by atoms with van der Waals surface area (Å²) >= 11 is 0. The van der Waals surface area contributed by atoms with Gasteiger partial charge >= 0.3 is 0 Å². The van der Waals surface area contributed by atoms with Crippen LogP contribution in [0.25, 0.3) is 0 Å². The molecule has 2 aliphatic rings. The first-order valence-electron chi connectivity index (χ1n) is 9.02. The number of rotatable bonds is 6. The Kier molecular flexibility index (Phi) is 5.69. The van der Waals surface area contributed by atoms with Crippen molar-refractivity contribution in [3.63, 3.8) is 0 Å². The molecule has 6 heteroatoms. The monoisotopic (exact) mass is 352 g/mol. The van der Waals surface area contributed by atoms with Crippen LogP contribution in [0.1, 0.15) is 31.7 Å². The molecule has 0 atom stereocenters. The van der Waals surface area contributed by atoms with Gasteiger partial charge in [0, 0.05) is 38.7 Å². The number of amides is 1. The first-order chi connectivity index (χ1) is 12.0. The first-order valence-corrected chi connectivity index (χ1v) is 9.02. The lowest BCUT2D eigenvalue weighted by Gasteiger charge is -2.38. The van der Waals surface area contributed by atoms with E-state index in [-0.39, 0.29) is 17.9 Å². The Hall–Kier alpha value is -1.53. The topological polar surface area (TPSA) is 32.8 Å². The molecule has 0 N–H and O–H groups in total. The van der Waals surface area contributed by atoms with Crippen molar-refractivity contribution in [2.45, 2.75) is 32.7 Å². The van der Waals surface area contributed by atoms with Crippen molar-refractivity contribution in [2.24, 2.45) is 5.41 Å². The van der Waals surface area contributed by atoms with Crippen LogP contribution >= 0.6 is 0 Å². The summed E-state index contributed by atoms with van der Waals surface area (Å²) in [5.74, 6) is -1.11. The molecular formula is C19H26F2N2O2. The van der Waals surface area contributed by atoms with Crippen molar-refractivity contribution in [1.82, 2.24) is 9.80 Å². The molecule has 0 aliphatic carbocycles. The third kappa shape index (κ3) is 4.55. The summed E-state index contributed by atoms with van der Waals surface area (Å²) in [6.07, 6.45) is 2.52. The fraction of sp³-hybridized carbons (Fsp3) is 0.632. The van der Waals surface area contributed by atoms with Crippen LogP contribution in [-0.2, 0) is 16.1 Å². The van der Waals surface area contributed by atoms with E-state index in [1.165, 1.54) is 12.1 Å².